The van der Waals surface area contributed by atoms with Crippen molar-refractivity contribution >= 4 is 11.8 Å². The highest BCUT2D eigenvalue weighted by Crippen LogP contribution is 2.69. The molecule has 4 aliphatic carbocycles. The summed E-state index contributed by atoms with van der Waals surface area (Å²) in [5.74, 6) is 1.02. The maximum atomic E-state index is 12.5. The first-order chi connectivity index (χ1) is 13.6. The molecule has 0 aromatic carbocycles. The minimum absolute atomic E-state index is 0.00224. The lowest BCUT2D eigenvalue weighted by Crippen LogP contribution is -2.57. The van der Waals surface area contributed by atoms with Crippen molar-refractivity contribution in [3.63, 3.8) is 0 Å². The Morgan fingerprint density at radius 1 is 1.21 bits per heavy atom. The number of hydrogen-bond acceptors (Lipinski definition) is 3. The minimum atomic E-state index is -1.10. The zero-order valence-corrected chi connectivity index (χ0v) is 18.3. The standard InChI is InChI=1S/C25H36O4/c1-5-15-11-18-19-8-10-25(29,14-22(27)28)23(19,3)9-7-20(18)24(4)16(6-2)12-17(26)13-21(15)24/h5,13,16,18-20,29H,6-12,14H2,1-4H3,(H,27,28)/t16?,18-,19-,20+,23-,24+,25?/m0/s1. The number of allylic oxidation sites excluding steroid dienone is 3. The molecule has 2 N–H and O–H groups in total. The van der Waals surface area contributed by atoms with E-state index in [0.29, 0.717) is 36.5 Å². The maximum Gasteiger partial charge on any atom is 0.306 e. The first-order valence-electron chi connectivity index (χ1n) is 11.5. The van der Waals surface area contributed by atoms with E-state index < -0.39 is 11.6 Å². The molecule has 0 bridgehead atoms. The van der Waals surface area contributed by atoms with Crippen LogP contribution >= 0.6 is 0 Å². The van der Waals surface area contributed by atoms with Gasteiger partial charge in [0.15, 0.2) is 5.78 Å². The van der Waals surface area contributed by atoms with E-state index in [-0.39, 0.29) is 23.0 Å². The van der Waals surface area contributed by atoms with Gasteiger partial charge in [-0.3, -0.25) is 9.59 Å². The fourth-order valence-corrected chi connectivity index (χ4v) is 8.16. The molecule has 0 amide bonds. The summed E-state index contributed by atoms with van der Waals surface area (Å²) >= 11 is 0. The number of aliphatic carboxylic acids is 1. The number of carbonyl (C=O) groups is 2. The number of carboxylic acid groups (broad SMARTS) is 1. The highest BCUT2D eigenvalue weighted by Gasteiger charge is 2.65. The molecular formula is C25H36O4. The van der Waals surface area contributed by atoms with Crippen molar-refractivity contribution in [2.75, 3.05) is 0 Å². The summed E-state index contributed by atoms with van der Waals surface area (Å²) in [5.41, 5.74) is 1.14. The van der Waals surface area contributed by atoms with E-state index in [2.05, 4.69) is 33.8 Å². The molecule has 0 saturated heterocycles. The summed E-state index contributed by atoms with van der Waals surface area (Å²) in [7, 11) is 0. The summed E-state index contributed by atoms with van der Waals surface area (Å²) in [4.78, 5) is 24.0. The molecule has 3 saturated carbocycles. The predicted octanol–water partition coefficient (Wildman–Crippen LogP) is 4.92. The lowest BCUT2D eigenvalue weighted by Gasteiger charge is -2.61. The molecule has 29 heavy (non-hydrogen) atoms. The van der Waals surface area contributed by atoms with Gasteiger partial charge in [-0.1, -0.05) is 33.3 Å². The number of ketones is 1. The van der Waals surface area contributed by atoms with E-state index in [4.69, 9.17) is 0 Å². The van der Waals surface area contributed by atoms with Crippen molar-refractivity contribution in [2.24, 2.45) is 34.5 Å². The van der Waals surface area contributed by atoms with Crippen LogP contribution < -0.4 is 0 Å². The van der Waals surface area contributed by atoms with Crippen molar-refractivity contribution in [3.05, 3.63) is 23.3 Å². The maximum absolute atomic E-state index is 12.5. The van der Waals surface area contributed by atoms with Crippen molar-refractivity contribution in [1.29, 1.82) is 0 Å². The molecule has 4 rings (SSSR count). The van der Waals surface area contributed by atoms with Crippen LogP contribution in [0.1, 0.15) is 79.1 Å². The summed E-state index contributed by atoms with van der Waals surface area (Å²) < 4.78 is 0. The molecule has 4 heteroatoms. The molecule has 0 heterocycles. The number of carboxylic acids is 1. The van der Waals surface area contributed by atoms with Crippen LogP contribution in [0.25, 0.3) is 0 Å². The fourth-order valence-electron chi connectivity index (χ4n) is 8.16. The number of fused-ring (bicyclic) bond motifs is 5. The Hall–Kier alpha value is -1.42. The van der Waals surface area contributed by atoms with Crippen LogP contribution in [0.3, 0.4) is 0 Å². The molecule has 0 aromatic rings. The Labute approximate surface area is 174 Å². The average Bonchev–Trinajstić information content (AvgIpc) is 2.91. The highest BCUT2D eigenvalue weighted by atomic mass is 16.4. The topological polar surface area (TPSA) is 74.6 Å². The molecule has 2 unspecified atom stereocenters. The molecule has 0 aliphatic heterocycles. The second-order valence-electron chi connectivity index (χ2n) is 10.6. The second kappa shape index (κ2) is 6.80. The lowest BCUT2D eigenvalue weighted by atomic mass is 9.43. The normalized spacial score (nSPS) is 48.0. The van der Waals surface area contributed by atoms with Crippen molar-refractivity contribution < 1.29 is 19.8 Å². The zero-order chi connectivity index (χ0) is 21.2. The van der Waals surface area contributed by atoms with Crippen molar-refractivity contribution in [2.45, 2.75) is 84.7 Å². The van der Waals surface area contributed by atoms with Gasteiger partial charge in [-0.15, -0.1) is 0 Å². The molecule has 0 spiro atoms. The molecule has 4 aliphatic rings. The molecule has 3 fully saturated rings. The van der Waals surface area contributed by atoms with Gasteiger partial charge in [-0.2, -0.15) is 0 Å². The van der Waals surface area contributed by atoms with E-state index in [1.807, 2.05) is 6.08 Å². The number of carbonyl (C=O) groups excluding carboxylic acids is 1. The van der Waals surface area contributed by atoms with E-state index in [1.54, 1.807) is 0 Å². The summed E-state index contributed by atoms with van der Waals surface area (Å²) in [6.07, 6.45) is 9.95. The number of hydrogen-bond donors (Lipinski definition) is 2. The van der Waals surface area contributed by atoms with Crippen LogP contribution in [-0.4, -0.2) is 27.6 Å². The van der Waals surface area contributed by atoms with Gasteiger partial charge in [0.25, 0.3) is 0 Å². The third-order valence-electron chi connectivity index (χ3n) is 9.80. The van der Waals surface area contributed by atoms with E-state index in [9.17, 15) is 19.8 Å². The largest absolute Gasteiger partial charge is 0.481 e. The third-order valence-corrected chi connectivity index (χ3v) is 9.80. The zero-order valence-electron chi connectivity index (χ0n) is 18.3. The van der Waals surface area contributed by atoms with Gasteiger partial charge < -0.3 is 10.2 Å². The van der Waals surface area contributed by atoms with E-state index >= 15 is 0 Å². The minimum Gasteiger partial charge on any atom is -0.481 e. The first-order valence-corrected chi connectivity index (χ1v) is 11.5. The van der Waals surface area contributed by atoms with Crippen LogP contribution in [0.15, 0.2) is 23.3 Å². The van der Waals surface area contributed by atoms with Gasteiger partial charge >= 0.3 is 5.97 Å². The van der Waals surface area contributed by atoms with E-state index in [0.717, 1.165) is 32.1 Å². The number of aliphatic hydroxyl groups is 1. The Morgan fingerprint density at radius 3 is 2.52 bits per heavy atom. The van der Waals surface area contributed by atoms with Crippen LogP contribution in [-0.2, 0) is 9.59 Å². The van der Waals surface area contributed by atoms with Gasteiger partial charge in [-0.05, 0) is 90.8 Å². The SMILES string of the molecule is CC=C1C[C@@H]2[C@@H](CC[C@@]3(C)[C@H]2CCC3(O)CC(=O)O)[C@]2(C)C1=CC(=O)CC2CC. The molecule has 0 aromatic heterocycles. The molecule has 160 valence electrons. The molecule has 7 atom stereocenters. The Balaban J connectivity index is 1.77. The van der Waals surface area contributed by atoms with Crippen LogP contribution in [0.5, 0.6) is 0 Å². The monoisotopic (exact) mass is 400 g/mol. The summed E-state index contributed by atoms with van der Waals surface area (Å²) in [6, 6.07) is 0. The van der Waals surface area contributed by atoms with Crippen LogP contribution in [0, 0.1) is 34.5 Å². The van der Waals surface area contributed by atoms with Crippen molar-refractivity contribution in [1.82, 2.24) is 0 Å². The first kappa shape index (κ1) is 20.8. The molecule has 0 radical (unpaired) electrons. The number of rotatable bonds is 3. The van der Waals surface area contributed by atoms with Crippen LogP contribution in [0.2, 0.25) is 0 Å². The van der Waals surface area contributed by atoms with Gasteiger partial charge in [0, 0.05) is 6.42 Å². The van der Waals surface area contributed by atoms with Crippen LogP contribution in [0.4, 0.5) is 0 Å². The summed E-state index contributed by atoms with van der Waals surface area (Å²) in [6.45, 7) is 8.82. The quantitative estimate of drug-likeness (QED) is 0.705. The van der Waals surface area contributed by atoms with Crippen molar-refractivity contribution in [3.8, 4) is 0 Å². The lowest BCUT2D eigenvalue weighted by molar-refractivity contribution is -0.159. The predicted molar refractivity (Wildman–Crippen MR) is 112 cm³/mol. The second-order valence-corrected chi connectivity index (χ2v) is 10.6. The van der Waals surface area contributed by atoms with E-state index in [1.165, 1.54) is 11.1 Å². The fraction of sp³-hybridized carbons (Fsp3) is 0.760. The third kappa shape index (κ3) is 2.74. The summed E-state index contributed by atoms with van der Waals surface area (Å²) in [5, 5.41) is 20.8. The average molecular weight is 401 g/mol. The Bertz CT molecular complexity index is 795. The van der Waals surface area contributed by atoms with Gasteiger partial charge in [0.1, 0.15) is 0 Å². The Kier molecular flexibility index (Phi) is 4.88. The molecule has 4 nitrogen and oxygen atoms in total. The van der Waals surface area contributed by atoms with Gasteiger partial charge in [0.05, 0.1) is 12.0 Å². The highest BCUT2D eigenvalue weighted by molar-refractivity contribution is 5.93. The van der Waals surface area contributed by atoms with Gasteiger partial charge in [0.2, 0.25) is 0 Å². The van der Waals surface area contributed by atoms with Gasteiger partial charge in [-0.25, -0.2) is 0 Å². The Morgan fingerprint density at radius 2 is 1.90 bits per heavy atom. The molecular weight excluding hydrogens is 364 g/mol. The smallest absolute Gasteiger partial charge is 0.306 e.